The number of nitrogens with two attached hydrogens (primary N) is 2. The van der Waals surface area contributed by atoms with E-state index >= 15 is 13.2 Å². The van der Waals surface area contributed by atoms with Crippen molar-refractivity contribution < 1.29 is 45.4 Å². The van der Waals surface area contributed by atoms with Crippen LogP contribution in [0.3, 0.4) is 0 Å². The van der Waals surface area contributed by atoms with E-state index in [1.54, 1.807) is 60.7 Å². The zero-order valence-corrected chi connectivity index (χ0v) is 31.1. The van der Waals surface area contributed by atoms with Crippen molar-refractivity contribution in [3.63, 3.8) is 0 Å². The van der Waals surface area contributed by atoms with Crippen LogP contribution in [0.15, 0.2) is 95.9 Å². The van der Waals surface area contributed by atoms with Crippen LogP contribution in [-0.4, -0.2) is 67.2 Å². The number of halogens is 4. The minimum atomic E-state index is -5.27. The molecule has 2 amide bonds. The molecule has 16 heteroatoms. The van der Waals surface area contributed by atoms with Crippen LogP contribution in [-0.2, 0) is 19.6 Å². The monoisotopic (exact) mass is 778 g/mol. The summed E-state index contributed by atoms with van der Waals surface area (Å²) in [5, 5.41) is 10.6. The number of nitrogens with zero attached hydrogens (tertiary/aromatic N) is 2. The largest absolute Gasteiger partial charge is 0.452 e. The van der Waals surface area contributed by atoms with Crippen molar-refractivity contribution in [2.75, 3.05) is 26.0 Å². The molecule has 0 fully saturated rings. The second kappa shape index (κ2) is 16.8. The number of thiophene rings is 1. The molecule has 0 spiro atoms. The number of aliphatic hydroxyl groups excluding tert-OH is 1. The molecule has 4 rings (SSSR count). The van der Waals surface area contributed by atoms with Gasteiger partial charge in [0.2, 0.25) is 10.0 Å². The predicted molar refractivity (Wildman–Crippen MR) is 194 cm³/mol. The van der Waals surface area contributed by atoms with Crippen LogP contribution in [0.25, 0.3) is 0 Å². The van der Waals surface area contributed by atoms with Crippen molar-refractivity contribution in [2.45, 2.75) is 62.3 Å². The molecule has 286 valence electrons. The van der Waals surface area contributed by atoms with Crippen molar-refractivity contribution >= 4 is 39.0 Å². The number of nitrogen functional groups attached to an aromatic ring is 1. The summed E-state index contributed by atoms with van der Waals surface area (Å²) in [4.78, 5) is 26.2. The number of amides is 2. The Morgan fingerprint density at radius 1 is 0.906 bits per heavy atom. The number of carbonyl (C=O) groups excluding carboxylic acids is 2. The van der Waals surface area contributed by atoms with Crippen LogP contribution < -0.4 is 11.5 Å². The number of imide groups is 1. The molecule has 3 aromatic carbocycles. The van der Waals surface area contributed by atoms with Gasteiger partial charge in [-0.1, -0.05) is 81.4 Å². The van der Waals surface area contributed by atoms with Gasteiger partial charge in [0.15, 0.2) is 6.04 Å². The number of hydrogen-bond acceptors (Lipinski definition) is 9. The molecule has 4 aromatic rings. The van der Waals surface area contributed by atoms with E-state index in [-0.39, 0.29) is 28.4 Å². The Kier molecular flexibility index (Phi) is 13.1. The number of aliphatic hydroxyl groups is 1. The van der Waals surface area contributed by atoms with Crippen molar-refractivity contribution in [2.24, 2.45) is 11.1 Å². The van der Waals surface area contributed by atoms with E-state index in [1.807, 2.05) is 20.8 Å². The van der Waals surface area contributed by atoms with Gasteiger partial charge in [-0.15, -0.1) is 11.3 Å². The van der Waals surface area contributed by atoms with E-state index in [0.717, 1.165) is 35.7 Å². The van der Waals surface area contributed by atoms with Crippen molar-refractivity contribution in [3.8, 4) is 0 Å². The Hall–Kier alpha value is -4.35. The third-order valence-corrected chi connectivity index (χ3v) is 11.7. The summed E-state index contributed by atoms with van der Waals surface area (Å²) < 4.78 is 93.5. The smallest absolute Gasteiger partial charge is 0.417 e. The third-order valence-electron chi connectivity index (χ3n) is 8.57. The van der Waals surface area contributed by atoms with Crippen LogP contribution in [0.4, 0.5) is 28.0 Å². The maximum atomic E-state index is 15.2. The Balaban J connectivity index is 1.82. The summed E-state index contributed by atoms with van der Waals surface area (Å²) in [6, 6.07) is 15.8. The molecular weight excluding hydrogens is 737 g/mol. The minimum absolute atomic E-state index is 0.0434. The standard InChI is InChI=1S/C37H42F4N4O6S2/c1-36(2,3)19-20-44(53(49,50)25-15-16-27(42)26(38)21-25)28(22-46)29-17-18-30(52-29)33(37(39,40)41)45(35(48)51-4)34(47)32(43)31(23-11-7-5-8-12-23)24-13-9-6-10-14-24/h5-18,21,28,31-33,46H,19-20,22,42-43H2,1-4H3/t28-,32+,33-/m1/s1. The third kappa shape index (κ3) is 9.61. The van der Waals surface area contributed by atoms with Gasteiger partial charge in [0.25, 0.3) is 5.91 Å². The topological polar surface area (TPSA) is 156 Å². The van der Waals surface area contributed by atoms with Crippen molar-refractivity contribution in [1.82, 2.24) is 9.21 Å². The number of methoxy groups -OCH3 is 1. The molecule has 0 saturated carbocycles. The van der Waals surface area contributed by atoms with Crippen LogP contribution in [0.5, 0.6) is 0 Å². The highest BCUT2D eigenvalue weighted by atomic mass is 32.2. The van der Waals surface area contributed by atoms with E-state index in [9.17, 15) is 27.5 Å². The fourth-order valence-electron chi connectivity index (χ4n) is 5.80. The number of carbonyl (C=O) groups is 2. The van der Waals surface area contributed by atoms with Gasteiger partial charge < -0.3 is 21.3 Å². The fourth-order valence-corrected chi connectivity index (χ4v) is 8.71. The quantitative estimate of drug-likeness (QED) is 0.0970. The Labute approximate surface area is 310 Å². The summed E-state index contributed by atoms with van der Waals surface area (Å²) in [6.07, 6.45) is -6.65. The highest BCUT2D eigenvalue weighted by Gasteiger charge is 2.52. The van der Waals surface area contributed by atoms with E-state index in [2.05, 4.69) is 0 Å². The number of anilines is 1. The lowest BCUT2D eigenvalue weighted by atomic mass is 9.84. The molecule has 0 unspecified atom stereocenters. The summed E-state index contributed by atoms with van der Waals surface area (Å²) in [5.74, 6) is -3.35. The lowest BCUT2D eigenvalue weighted by molar-refractivity contribution is -0.186. The number of hydrogen-bond donors (Lipinski definition) is 3. The van der Waals surface area contributed by atoms with Gasteiger partial charge in [0.05, 0.1) is 36.4 Å². The molecule has 53 heavy (non-hydrogen) atoms. The predicted octanol–water partition coefficient (Wildman–Crippen LogP) is 6.99. The second-order valence-corrected chi connectivity index (χ2v) is 16.5. The average Bonchev–Trinajstić information content (AvgIpc) is 3.58. The van der Waals surface area contributed by atoms with E-state index in [0.29, 0.717) is 22.5 Å². The molecule has 0 aliphatic carbocycles. The van der Waals surface area contributed by atoms with Crippen molar-refractivity contribution in [3.05, 3.63) is 118 Å². The summed E-state index contributed by atoms with van der Waals surface area (Å²) in [5.41, 5.74) is 12.3. The van der Waals surface area contributed by atoms with E-state index in [4.69, 9.17) is 16.2 Å². The molecule has 1 aromatic heterocycles. The molecule has 10 nitrogen and oxygen atoms in total. The zero-order valence-electron chi connectivity index (χ0n) is 29.5. The summed E-state index contributed by atoms with van der Waals surface area (Å²) in [6.45, 7) is 4.44. The molecule has 0 aliphatic rings. The zero-order chi connectivity index (χ0) is 39.3. The first-order chi connectivity index (χ1) is 24.8. The van der Waals surface area contributed by atoms with Crippen LogP contribution in [0, 0.1) is 11.2 Å². The maximum Gasteiger partial charge on any atom is 0.417 e. The van der Waals surface area contributed by atoms with E-state index in [1.165, 1.54) is 6.07 Å². The molecule has 1 heterocycles. The Morgan fingerprint density at radius 2 is 1.45 bits per heavy atom. The first-order valence-electron chi connectivity index (χ1n) is 16.4. The van der Waals surface area contributed by atoms with E-state index < -0.39 is 79.9 Å². The highest BCUT2D eigenvalue weighted by molar-refractivity contribution is 7.89. The van der Waals surface area contributed by atoms with Gasteiger partial charge >= 0.3 is 12.3 Å². The minimum Gasteiger partial charge on any atom is -0.452 e. The van der Waals surface area contributed by atoms with Crippen molar-refractivity contribution in [1.29, 1.82) is 0 Å². The van der Waals surface area contributed by atoms with Crippen LogP contribution in [0.1, 0.15) is 66.1 Å². The Bertz CT molecular complexity index is 1930. The maximum absolute atomic E-state index is 15.2. The van der Waals surface area contributed by atoms with Crippen LogP contribution >= 0.6 is 11.3 Å². The summed E-state index contributed by atoms with van der Waals surface area (Å²) in [7, 11) is -3.75. The normalized spacial score (nSPS) is 14.2. The SMILES string of the molecule is COC(=O)N(C(=O)[C@@H](N)C(c1ccccc1)c1ccccc1)[C@H](c1ccc([C@@H](CO)N(CCC(C)(C)C)S(=O)(=O)c2ccc(N)c(F)c2)s1)C(F)(F)F. The number of sulfonamides is 1. The molecule has 0 aliphatic heterocycles. The molecule has 5 N–H and O–H groups in total. The first-order valence-corrected chi connectivity index (χ1v) is 18.7. The van der Waals surface area contributed by atoms with Gasteiger partial charge in [-0.3, -0.25) is 4.79 Å². The average molecular weight is 779 g/mol. The summed E-state index contributed by atoms with van der Waals surface area (Å²) >= 11 is 0.443. The lowest BCUT2D eigenvalue weighted by Crippen LogP contribution is -2.53. The first kappa shape index (κ1) is 41.4. The molecule has 3 atom stereocenters. The molecule has 0 saturated heterocycles. The molecule has 0 bridgehead atoms. The van der Waals surface area contributed by atoms with Gasteiger partial charge in [-0.25, -0.2) is 22.5 Å². The Morgan fingerprint density at radius 3 is 1.92 bits per heavy atom. The number of rotatable bonds is 13. The van der Waals surface area contributed by atoms with Gasteiger partial charge in [-0.05, 0) is 53.3 Å². The van der Waals surface area contributed by atoms with Gasteiger partial charge in [-0.2, -0.15) is 17.5 Å². The van der Waals surface area contributed by atoms with Gasteiger partial charge in [0.1, 0.15) is 5.82 Å². The number of benzene rings is 3. The number of alkyl halides is 3. The second-order valence-electron chi connectivity index (χ2n) is 13.5. The fraction of sp³-hybridized carbons (Fsp3) is 0.351. The molecule has 0 radical (unpaired) electrons. The van der Waals surface area contributed by atoms with Gasteiger partial charge in [0, 0.05) is 22.2 Å². The van der Waals surface area contributed by atoms with Crippen LogP contribution in [0.2, 0.25) is 0 Å². The number of ether oxygens (including phenoxy) is 1. The molecular formula is C37H42F4N4O6S2. The highest BCUT2D eigenvalue weighted by Crippen LogP contribution is 2.44. The lowest BCUT2D eigenvalue weighted by Gasteiger charge is -2.34.